The Morgan fingerprint density at radius 1 is 1.03 bits per heavy atom. The number of hydrogen-bond acceptors (Lipinski definition) is 6. The number of aromatic hydroxyl groups is 2. The van der Waals surface area contributed by atoms with Gasteiger partial charge in [-0.05, 0) is 75.5 Å². The quantitative estimate of drug-likeness (QED) is 0.231. The van der Waals surface area contributed by atoms with Gasteiger partial charge >= 0.3 is 0 Å². The summed E-state index contributed by atoms with van der Waals surface area (Å²) in [5.41, 5.74) is 1.84. The number of ketones is 1. The van der Waals surface area contributed by atoms with Gasteiger partial charge in [-0.3, -0.25) is 4.79 Å². The van der Waals surface area contributed by atoms with Crippen molar-refractivity contribution in [2.75, 3.05) is 26.4 Å². The standard InChI is InChI=1S/C23H32N2O3S/c1-16(2)19-11-10-18(22(28)17-9-12-20(26)21(27)15-17)23(24-19)29-14-8-6-5-7-13-25(3)4/h9-12,15-16,26-27H,5-8,13-14H2,1-4H3. The minimum atomic E-state index is -0.297. The number of carbonyl (C=O) groups is 1. The second kappa shape index (κ2) is 11.2. The van der Waals surface area contributed by atoms with Crippen molar-refractivity contribution in [2.45, 2.75) is 50.5 Å². The van der Waals surface area contributed by atoms with E-state index in [9.17, 15) is 15.0 Å². The molecule has 0 bridgehead atoms. The molecule has 0 saturated carbocycles. The van der Waals surface area contributed by atoms with Gasteiger partial charge < -0.3 is 15.1 Å². The molecule has 29 heavy (non-hydrogen) atoms. The molecule has 0 unspecified atom stereocenters. The molecule has 1 heterocycles. The lowest BCUT2D eigenvalue weighted by Gasteiger charge is -2.12. The summed E-state index contributed by atoms with van der Waals surface area (Å²) < 4.78 is 0. The summed E-state index contributed by atoms with van der Waals surface area (Å²) in [4.78, 5) is 19.9. The number of unbranched alkanes of at least 4 members (excludes halogenated alkanes) is 3. The third-order valence-electron chi connectivity index (χ3n) is 4.69. The molecular weight excluding hydrogens is 384 g/mol. The van der Waals surface area contributed by atoms with Crippen LogP contribution < -0.4 is 0 Å². The molecule has 0 aliphatic carbocycles. The molecule has 1 aromatic heterocycles. The number of thioether (sulfide) groups is 1. The third kappa shape index (κ3) is 7.05. The van der Waals surface area contributed by atoms with Crippen molar-refractivity contribution in [3.05, 3.63) is 47.2 Å². The molecule has 0 radical (unpaired) electrons. The zero-order valence-electron chi connectivity index (χ0n) is 17.8. The highest BCUT2D eigenvalue weighted by Crippen LogP contribution is 2.30. The molecule has 1 aromatic carbocycles. The number of phenolic OH excluding ortho intramolecular Hbond substituents is 2. The lowest BCUT2D eigenvalue weighted by atomic mass is 10.0. The summed E-state index contributed by atoms with van der Waals surface area (Å²) >= 11 is 1.62. The zero-order chi connectivity index (χ0) is 21.4. The molecule has 2 rings (SSSR count). The molecule has 0 saturated heterocycles. The van der Waals surface area contributed by atoms with Crippen LogP contribution in [0.1, 0.15) is 67.1 Å². The first kappa shape index (κ1) is 23.2. The van der Waals surface area contributed by atoms with Gasteiger partial charge in [0.05, 0.1) is 5.56 Å². The number of aromatic nitrogens is 1. The van der Waals surface area contributed by atoms with E-state index in [0.717, 1.165) is 29.4 Å². The van der Waals surface area contributed by atoms with Gasteiger partial charge in [-0.2, -0.15) is 0 Å². The first-order chi connectivity index (χ1) is 13.8. The maximum atomic E-state index is 13.0. The van der Waals surface area contributed by atoms with Gasteiger partial charge in [0.1, 0.15) is 5.03 Å². The second-order valence-corrected chi connectivity index (χ2v) is 8.93. The smallest absolute Gasteiger partial charge is 0.195 e. The maximum absolute atomic E-state index is 13.0. The van der Waals surface area contributed by atoms with Gasteiger partial charge in [-0.25, -0.2) is 4.98 Å². The predicted octanol–water partition coefficient (Wildman–Crippen LogP) is 5.06. The Morgan fingerprint density at radius 2 is 1.76 bits per heavy atom. The Kier molecular flexibility index (Phi) is 8.99. The largest absolute Gasteiger partial charge is 0.504 e. The van der Waals surface area contributed by atoms with E-state index in [1.54, 1.807) is 11.8 Å². The number of pyridine rings is 1. The average molecular weight is 417 g/mol. The summed E-state index contributed by atoms with van der Waals surface area (Å²) in [5.74, 6) is 0.463. The summed E-state index contributed by atoms with van der Waals surface area (Å²) in [6.07, 6.45) is 4.66. The van der Waals surface area contributed by atoms with E-state index in [2.05, 4.69) is 32.8 Å². The lowest BCUT2D eigenvalue weighted by molar-refractivity contribution is 0.103. The van der Waals surface area contributed by atoms with Crippen molar-refractivity contribution in [3.8, 4) is 11.5 Å². The van der Waals surface area contributed by atoms with E-state index in [-0.39, 0.29) is 23.2 Å². The van der Waals surface area contributed by atoms with Crippen molar-refractivity contribution in [2.24, 2.45) is 0 Å². The van der Waals surface area contributed by atoms with E-state index >= 15 is 0 Å². The lowest BCUT2D eigenvalue weighted by Crippen LogP contribution is -2.12. The van der Waals surface area contributed by atoms with Gasteiger partial charge in [0.15, 0.2) is 17.3 Å². The van der Waals surface area contributed by atoms with E-state index in [4.69, 9.17) is 4.98 Å². The number of carbonyl (C=O) groups excluding carboxylic acids is 1. The molecule has 5 nitrogen and oxygen atoms in total. The summed E-state index contributed by atoms with van der Waals surface area (Å²) in [7, 11) is 4.19. The van der Waals surface area contributed by atoms with Crippen molar-refractivity contribution < 1.29 is 15.0 Å². The molecule has 2 aromatic rings. The van der Waals surface area contributed by atoms with Gasteiger partial charge in [0.2, 0.25) is 0 Å². The Bertz CT molecular complexity index is 822. The first-order valence-electron chi connectivity index (χ1n) is 10.1. The molecule has 6 heteroatoms. The van der Waals surface area contributed by atoms with Crippen LogP contribution in [0.2, 0.25) is 0 Å². The number of hydrogen-bond donors (Lipinski definition) is 2. The van der Waals surface area contributed by atoms with Crippen LogP contribution in [0.3, 0.4) is 0 Å². The Balaban J connectivity index is 2.09. The highest BCUT2D eigenvalue weighted by molar-refractivity contribution is 7.99. The summed E-state index contributed by atoms with van der Waals surface area (Å²) in [6.45, 7) is 5.28. The number of rotatable bonds is 11. The third-order valence-corrected chi connectivity index (χ3v) is 5.77. The van der Waals surface area contributed by atoms with Crippen LogP contribution in [-0.2, 0) is 0 Å². The van der Waals surface area contributed by atoms with Crippen molar-refractivity contribution in [1.29, 1.82) is 0 Å². The molecular formula is C23H32N2O3S. The van der Waals surface area contributed by atoms with E-state index < -0.39 is 0 Å². The minimum absolute atomic E-state index is 0.198. The van der Waals surface area contributed by atoms with Crippen molar-refractivity contribution in [1.82, 2.24) is 9.88 Å². The number of phenols is 2. The Labute approximate surface area is 178 Å². The monoisotopic (exact) mass is 416 g/mol. The SMILES string of the molecule is CC(C)c1ccc(C(=O)c2ccc(O)c(O)c2)c(SCCCCCCN(C)C)n1. The molecule has 2 N–H and O–H groups in total. The van der Waals surface area contributed by atoms with Crippen LogP contribution in [0.5, 0.6) is 11.5 Å². The maximum Gasteiger partial charge on any atom is 0.195 e. The van der Waals surface area contributed by atoms with Gasteiger partial charge in [0.25, 0.3) is 0 Å². The molecule has 0 amide bonds. The normalized spacial score (nSPS) is 11.4. The topological polar surface area (TPSA) is 73.7 Å². The molecule has 0 fully saturated rings. The van der Waals surface area contributed by atoms with E-state index in [1.165, 1.54) is 37.5 Å². The van der Waals surface area contributed by atoms with Crippen LogP contribution in [-0.4, -0.2) is 52.3 Å². The highest BCUT2D eigenvalue weighted by atomic mass is 32.2. The van der Waals surface area contributed by atoms with Crippen LogP contribution in [0.4, 0.5) is 0 Å². The molecule has 0 spiro atoms. The average Bonchev–Trinajstić information content (AvgIpc) is 2.68. The van der Waals surface area contributed by atoms with Gasteiger partial charge in [-0.15, -0.1) is 11.8 Å². The Hall–Kier alpha value is -2.05. The van der Waals surface area contributed by atoms with Crippen LogP contribution >= 0.6 is 11.8 Å². The molecule has 0 aliphatic rings. The van der Waals surface area contributed by atoms with Crippen molar-refractivity contribution in [3.63, 3.8) is 0 Å². The first-order valence-corrected chi connectivity index (χ1v) is 11.1. The van der Waals surface area contributed by atoms with Gasteiger partial charge in [0, 0.05) is 11.3 Å². The zero-order valence-corrected chi connectivity index (χ0v) is 18.6. The Morgan fingerprint density at radius 3 is 2.41 bits per heavy atom. The fourth-order valence-corrected chi connectivity index (χ4v) is 3.96. The molecule has 158 valence electrons. The van der Waals surface area contributed by atoms with E-state index in [1.807, 2.05) is 12.1 Å². The summed E-state index contributed by atoms with van der Waals surface area (Å²) in [5, 5.41) is 20.0. The highest BCUT2D eigenvalue weighted by Gasteiger charge is 2.18. The van der Waals surface area contributed by atoms with Crippen molar-refractivity contribution >= 4 is 17.5 Å². The second-order valence-electron chi connectivity index (χ2n) is 7.84. The van der Waals surface area contributed by atoms with E-state index in [0.29, 0.717) is 11.1 Å². The summed E-state index contributed by atoms with van der Waals surface area (Å²) in [6, 6.07) is 7.87. The predicted molar refractivity (Wildman–Crippen MR) is 119 cm³/mol. The minimum Gasteiger partial charge on any atom is -0.504 e. The fourth-order valence-electron chi connectivity index (χ4n) is 2.93. The van der Waals surface area contributed by atoms with Crippen LogP contribution in [0.25, 0.3) is 0 Å². The van der Waals surface area contributed by atoms with Gasteiger partial charge in [-0.1, -0.05) is 26.7 Å². The fraction of sp³-hybridized carbons (Fsp3) is 0.478. The van der Waals surface area contributed by atoms with Crippen LogP contribution in [0, 0.1) is 0 Å². The number of nitrogens with zero attached hydrogens (tertiary/aromatic N) is 2. The van der Waals surface area contributed by atoms with Crippen LogP contribution in [0.15, 0.2) is 35.4 Å². The number of benzene rings is 1. The molecule has 0 aliphatic heterocycles. The molecule has 0 atom stereocenters.